The van der Waals surface area contributed by atoms with Crippen molar-refractivity contribution in [2.24, 2.45) is 14.1 Å². The van der Waals surface area contributed by atoms with E-state index in [-0.39, 0.29) is 22.7 Å². The van der Waals surface area contributed by atoms with Gasteiger partial charge in [0.05, 0.1) is 11.4 Å². The summed E-state index contributed by atoms with van der Waals surface area (Å²) in [5, 5.41) is 2.71. The van der Waals surface area contributed by atoms with Crippen molar-refractivity contribution in [3.05, 3.63) is 69.1 Å². The van der Waals surface area contributed by atoms with Crippen LogP contribution in [-0.2, 0) is 24.3 Å². The minimum Gasteiger partial charge on any atom is -0.311 e. The zero-order valence-electron chi connectivity index (χ0n) is 20.8. The molecule has 0 fully saturated rings. The van der Waals surface area contributed by atoms with E-state index in [1.165, 1.54) is 23.4 Å². The quantitative estimate of drug-likeness (QED) is 0.313. The first-order valence-corrected chi connectivity index (χ1v) is 12.4. The molecular formula is C26H29N5O3S. The molecule has 4 aromatic rings. The Morgan fingerprint density at radius 2 is 1.69 bits per heavy atom. The number of hydrogen-bond donors (Lipinski definition) is 0. The van der Waals surface area contributed by atoms with Crippen molar-refractivity contribution < 1.29 is 4.79 Å². The van der Waals surface area contributed by atoms with E-state index in [0.717, 1.165) is 21.0 Å². The molecule has 9 heteroatoms. The Hall–Kier alpha value is -3.46. The number of rotatable bonds is 5. The average Bonchev–Trinajstić information content (AvgIpc) is 2.84. The lowest BCUT2D eigenvalue weighted by Crippen LogP contribution is -2.38. The molecule has 0 aliphatic rings. The van der Waals surface area contributed by atoms with E-state index in [9.17, 15) is 14.4 Å². The van der Waals surface area contributed by atoms with Crippen LogP contribution < -0.4 is 16.1 Å². The molecular weight excluding hydrogens is 462 g/mol. The second-order valence-electron chi connectivity index (χ2n) is 9.43. The molecule has 4 rings (SSSR count). The summed E-state index contributed by atoms with van der Waals surface area (Å²) in [6.45, 7) is 8.33. The van der Waals surface area contributed by atoms with E-state index in [4.69, 9.17) is 0 Å². The molecule has 8 nitrogen and oxygen atoms in total. The topological polar surface area (TPSA) is 90.1 Å². The summed E-state index contributed by atoms with van der Waals surface area (Å²) < 4.78 is 2.40. The molecule has 0 aliphatic heterocycles. The van der Waals surface area contributed by atoms with Crippen LogP contribution in [0, 0.1) is 0 Å². The highest BCUT2D eigenvalue weighted by molar-refractivity contribution is 8.00. The highest BCUT2D eigenvalue weighted by Crippen LogP contribution is 2.30. The maximum Gasteiger partial charge on any atom is 0.332 e. The number of carbonyl (C=O) groups excluding carboxylic acids is 1. The Bertz CT molecular complexity index is 1560. The van der Waals surface area contributed by atoms with Gasteiger partial charge in [-0.1, -0.05) is 68.9 Å². The molecule has 0 atom stereocenters. The highest BCUT2D eigenvalue weighted by Gasteiger charge is 2.25. The van der Waals surface area contributed by atoms with Crippen LogP contribution in [0.2, 0.25) is 0 Å². The van der Waals surface area contributed by atoms with Crippen LogP contribution in [0.25, 0.3) is 21.8 Å². The molecule has 0 saturated carbocycles. The van der Waals surface area contributed by atoms with Crippen LogP contribution in [0.3, 0.4) is 0 Å². The lowest BCUT2D eigenvalue weighted by atomic mass is 9.96. The van der Waals surface area contributed by atoms with Crippen molar-refractivity contribution in [3.63, 3.8) is 0 Å². The number of fused-ring (bicyclic) bond motifs is 2. The molecule has 2 heterocycles. The molecule has 0 bridgehead atoms. The number of benzene rings is 2. The Kier molecular flexibility index (Phi) is 6.55. The van der Waals surface area contributed by atoms with Gasteiger partial charge in [0, 0.05) is 31.4 Å². The van der Waals surface area contributed by atoms with Crippen molar-refractivity contribution in [3.8, 4) is 0 Å². The van der Waals surface area contributed by atoms with E-state index < -0.39 is 16.7 Å². The van der Waals surface area contributed by atoms with Crippen molar-refractivity contribution in [2.75, 3.05) is 17.2 Å². The number of thioether (sulfide) groups is 1. The van der Waals surface area contributed by atoms with Crippen LogP contribution in [-0.4, -0.2) is 37.3 Å². The number of hydrogen-bond acceptors (Lipinski definition) is 6. The van der Waals surface area contributed by atoms with E-state index in [1.807, 2.05) is 70.2 Å². The van der Waals surface area contributed by atoms with E-state index in [1.54, 1.807) is 11.9 Å². The van der Waals surface area contributed by atoms with Gasteiger partial charge in [-0.2, -0.15) is 0 Å². The minimum atomic E-state index is -0.472. The van der Waals surface area contributed by atoms with Gasteiger partial charge in [-0.15, -0.1) is 0 Å². The summed E-state index contributed by atoms with van der Waals surface area (Å²) >= 11 is 1.20. The largest absolute Gasteiger partial charge is 0.332 e. The van der Waals surface area contributed by atoms with E-state index in [0.29, 0.717) is 17.4 Å². The SMILES string of the molecule is CCN(C(=O)CSc1nc(C(C)(C)C)nc2c1c(=O)n(C)c(=O)n2C)c1cccc2ccccc12. The number of carbonyl (C=O) groups is 1. The molecule has 35 heavy (non-hydrogen) atoms. The fourth-order valence-electron chi connectivity index (χ4n) is 4.00. The van der Waals surface area contributed by atoms with Gasteiger partial charge in [-0.25, -0.2) is 14.8 Å². The molecule has 0 radical (unpaired) electrons. The van der Waals surface area contributed by atoms with Crippen LogP contribution in [0.15, 0.2) is 57.1 Å². The summed E-state index contributed by atoms with van der Waals surface area (Å²) in [4.78, 5) is 50.0. The Morgan fingerprint density at radius 1 is 1.00 bits per heavy atom. The summed E-state index contributed by atoms with van der Waals surface area (Å²) in [6, 6.07) is 13.9. The summed E-state index contributed by atoms with van der Waals surface area (Å²) in [7, 11) is 3.02. The van der Waals surface area contributed by atoms with Gasteiger partial charge < -0.3 is 4.90 Å². The van der Waals surface area contributed by atoms with Gasteiger partial charge in [0.25, 0.3) is 5.56 Å². The monoisotopic (exact) mass is 491 g/mol. The Balaban J connectivity index is 1.77. The van der Waals surface area contributed by atoms with E-state index >= 15 is 0 Å². The van der Waals surface area contributed by atoms with Gasteiger partial charge in [0.15, 0.2) is 5.65 Å². The summed E-state index contributed by atoms with van der Waals surface area (Å²) in [5.41, 5.74) is -0.226. The Morgan fingerprint density at radius 3 is 2.37 bits per heavy atom. The molecule has 0 spiro atoms. The maximum absolute atomic E-state index is 13.4. The predicted molar refractivity (Wildman–Crippen MR) is 141 cm³/mol. The predicted octanol–water partition coefficient (Wildman–Crippen LogP) is 3.62. The summed E-state index contributed by atoms with van der Waals surface area (Å²) in [5.74, 6) is 0.489. The van der Waals surface area contributed by atoms with Gasteiger partial charge in [0.1, 0.15) is 16.2 Å². The van der Waals surface area contributed by atoms with Crippen molar-refractivity contribution in [1.82, 2.24) is 19.1 Å². The second-order valence-corrected chi connectivity index (χ2v) is 10.4. The standard InChI is InChI=1S/C26H29N5O3S/c1-7-31(18-14-10-12-16-11-8-9-13-17(16)18)19(32)15-35-22-20-21(27-24(28-22)26(2,3)4)29(5)25(34)30(6)23(20)33/h8-14H,7,15H2,1-6H3. The third-order valence-electron chi connectivity index (χ3n) is 5.94. The molecule has 0 aliphatic carbocycles. The zero-order chi connectivity index (χ0) is 25.5. The van der Waals surface area contributed by atoms with Crippen LogP contribution >= 0.6 is 11.8 Å². The molecule has 2 aromatic carbocycles. The fraction of sp³-hybridized carbons (Fsp3) is 0.346. The smallest absolute Gasteiger partial charge is 0.311 e. The lowest BCUT2D eigenvalue weighted by molar-refractivity contribution is -0.116. The van der Waals surface area contributed by atoms with Crippen LogP contribution in [0.4, 0.5) is 5.69 Å². The molecule has 182 valence electrons. The van der Waals surface area contributed by atoms with E-state index in [2.05, 4.69) is 9.97 Å². The van der Waals surface area contributed by atoms with Crippen molar-refractivity contribution >= 4 is 45.2 Å². The highest BCUT2D eigenvalue weighted by atomic mass is 32.2. The first-order valence-electron chi connectivity index (χ1n) is 11.4. The summed E-state index contributed by atoms with van der Waals surface area (Å²) in [6.07, 6.45) is 0. The minimum absolute atomic E-state index is 0.0821. The van der Waals surface area contributed by atoms with Crippen LogP contribution in [0.1, 0.15) is 33.5 Å². The molecule has 2 aromatic heterocycles. The molecule has 1 amide bonds. The van der Waals surface area contributed by atoms with Crippen molar-refractivity contribution in [1.29, 1.82) is 0 Å². The van der Waals surface area contributed by atoms with Gasteiger partial charge in [-0.05, 0) is 18.4 Å². The number of amides is 1. The number of anilines is 1. The fourth-order valence-corrected chi connectivity index (χ4v) is 4.89. The van der Waals surface area contributed by atoms with Gasteiger partial charge >= 0.3 is 5.69 Å². The average molecular weight is 492 g/mol. The number of nitrogens with zero attached hydrogens (tertiary/aromatic N) is 5. The first kappa shape index (κ1) is 24.7. The third kappa shape index (κ3) is 4.48. The van der Waals surface area contributed by atoms with Crippen molar-refractivity contribution in [2.45, 2.75) is 38.1 Å². The molecule has 0 saturated heterocycles. The number of aryl methyl sites for hydroxylation is 1. The van der Waals surface area contributed by atoms with Crippen LogP contribution in [0.5, 0.6) is 0 Å². The van der Waals surface area contributed by atoms with Gasteiger partial charge in [0.2, 0.25) is 5.91 Å². The zero-order valence-corrected chi connectivity index (χ0v) is 21.6. The lowest BCUT2D eigenvalue weighted by Gasteiger charge is -2.23. The number of aromatic nitrogens is 4. The first-order chi connectivity index (χ1) is 16.5. The molecule has 0 N–H and O–H groups in total. The molecule has 0 unspecified atom stereocenters. The maximum atomic E-state index is 13.4. The Labute approximate surface area is 207 Å². The third-order valence-corrected chi connectivity index (χ3v) is 6.90. The van der Waals surface area contributed by atoms with Gasteiger partial charge in [-0.3, -0.25) is 18.7 Å². The normalized spacial score (nSPS) is 11.8. The second kappa shape index (κ2) is 9.30.